The summed E-state index contributed by atoms with van der Waals surface area (Å²) in [5, 5.41) is 10.4. The number of ether oxygens (including phenoxy) is 1. The van der Waals surface area contributed by atoms with E-state index in [0.29, 0.717) is 17.0 Å². The second-order valence-electron chi connectivity index (χ2n) is 7.76. The van der Waals surface area contributed by atoms with E-state index in [2.05, 4.69) is 15.7 Å². The highest BCUT2D eigenvalue weighted by Crippen LogP contribution is 2.31. The third-order valence-electron chi connectivity index (χ3n) is 5.13. The van der Waals surface area contributed by atoms with Gasteiger partial charge in [0.05, 0.1) is 24.3 Å². The minimum Gasteiger partial charge on any atom is -0.462 e. The minimum atomic E-state index is -1.50. The summed E-state index contributed by atoms with van der Waals surface area (Å²) in [4.78, 5) is 13.4. The molecule has 0 aliphatic carbocycles. The van der Waals surface area contributed by atoms with Crippen LogP contribution in [-0.4, -0.2) is 27.5 Å². The first-order valence-electron chi connectivity index (χ1n) is 11.0. The molecule has 6 nitrogen and oxygen atoms in total. The largest absolute Gasteiger partial charge is 0.462 e. The highest BCUT2D eigenvalue weighted by atomic mass is 32.1. The molecule has 0 spiro atoms. The minimum absolute atomic E-state index is 0.0954. The number of aromatic nitrogens is 2. The SMILES string of the molecule is CCOC(=O)c1cc(Cc2ccccc2)sc1NC(=S)Nc1ccn(Cc2c(F)c(F)cc(F)c2F)n1. The molecule has 0 unspecified atom stereocenters. The number of thiophene rings is 1. The van der Waals surface area contributed by atoms with Gasteiger partial charge in [0.25, 0.3) is 0 Å². The summed E-state index contributed by atoms with van der Waals surface area (Å²) < 4.78 is 61.2. The Hall–Kier alpha value is -3.77. The first kappa shape index (κ1) is 26.3. The summed E-state index contributed by atoms with van der Waals surface area (Å²) in [7, 11) is 0. The van der Waals surface area contributed by atoms with Crippen LogP contribution in [0.15, 0.2) is 54.7 Å². The van der Waals surface area contributed by atoms with Crippen LogP contribution >= 0.6 is 23.6 Å². The van der Waals surface area contributed by atoms with E-state index in [-0.39, 0.29) is 23.6 Å². The fourth-order valence-corrected chi connectivity index (χ4v) is 4.82. The fraction of sp³-hybridized carbons (Fsp3) is 0.160. The molecule has 0 saturated heterocycles. The maximum absolute atomic E-state index is 14.0. The van der Waals surface area contributed by atoms with Gasteiger partial charge in [0.15, 0.2) is 34.2 Å². The Kier molecular flexibility index (Phi) is 8.19. The number of carbonyl (C=O) groups excluding carboxylic acids is 1. The van der Waals surface area contributed by atoms with E-state index in [1.807, 2.05) is 30.3 Å². The smallest absolute Gasteiger partial charge is 0.341 e. The topological polar surface area (TPSA) is 68.2 Å². The highest BCUT2D eigenvalue weighted by Gasteiger charge is 2.21. The molecule has 2 heterocycles. The lowest BCUT2D eigenvalue weighted by Crippen LogP contribution is -2.20. The highest BCUT2D eigenvalue weighted by molar-refractivity contribution is 7.80. The van der Waals surface area contributed by atoms with Crippen molar-refractivity contribution in [2.45, 2.75) is 19.9 Å². The van der Waals surface area contributed by atoms with Crippen molar-refractivity contribution in [3.05, 3.63) is 99.6 Å². The van der Waals surface area contributed by atoms with Crippen LogP contribution in [0.2, 0.25) is 0 Å². The van der Waals surface area contributed by atoms with Gasteiger partial charge in [-0.1, -0.05) is 30.3 Å². The van der Waals surface area contributed by atoms with E-state index in [9.17, 15) is 22.4 Å². The van der Waals surface area contributed by atoms with Crippen LogP contribution < -0.4 is 10.6 Å². The quantitative estimate of drug-likeness (QED) is 0.120. The van der Waals surface area contributed by atoms with Gasteiger partial charge in [0, 0.05) is 29.6 Å². The van der Waals surface area contributed by atoms with Gasteiger partial charge in [-0.2, -0.15) is 5.10 Å². The van der Waals surface area contributed by atoms with Crippen molar-refractivity contribution in [2.75, 3.05) is 17.2 Å². The Balaban J connectivity index is 1.47. The van der Waals surface area contributed by atoms with Gasteiger partial charge >= 0.3 is 5.97 Å². The average Bonchev–Trinajstić information content (AvgIpc) is 3.47. The number of thiocarbonyl (C=S) groups is 1. The lowest BCUT2D eigenvalue weighted by atomic mass is 10.1. The maximum Gasteiger partial charge on any atom is 0.341 e. The number of benzene rings is 2. The van der Waals surface area contributed by atoms with Crippen molar-refractivity contribution in [1.82, 2.24) is 9.78 Å². The number of esters is 1. The molecular formula is C25H20F4N4O2S2. The molecule has 2 N–H and O–H groups in total. The Morgan fingerprint density at radius 2 is 1.76 bits per heavy atom. The fourth-order valence-electron chi connectivity index (χ4n) is 3.47. The molecule has 37 heavy (non-hydrogen) atoms. The van der Waals surface area contributed by atoms with Crippen molar-refractivity contribution in [3.63, 3.8) is 0 Å². The van der Waals surface area contributed by atoms with Gasteiger partial charge in [0.2, 0.25) is 0 Å². The van der Waals surface area contributed by atoms with Gasteiger partial charge in [-0.25, -0.2) is 22.4 Å². The molecule has 0 saturated carbocycles. The Morgan fingerprint density at radius 3 is 2.43 bits per heavy atom. The summed E-state index contributed by atoms with van der Waals surface area (Å²) in [6.07, 6.45) is 1.97. The number of hydrogen-bond donors (Lipinski definition) is 2. The number of nitrogens with one attached hydrogen (secondary N) is 2. The third kappa shape index (κ3) is 6.33. The number of hydrogen-bond acceptors (Lipinski definition) is 5. The molecule has 0 bridgehead atoms. The molecule has 0 aliphatic heterocycles. The molecule has 4 aromatic rings. The molecular weight excluding hydrogens is 528 g/mol. The lowest BCUT2D eigenvalue weighted by molar-refractivity contribution is 0.0528. The number of carbonyl (C=O) groups is 1. The molecule has 0 atom stereocenters. The number of nitrogens with zero attached hydrogens (tertiary/aromatic N) is 2. The van der Waals surface area contributed by atoms with Crippen LogP contribution in [0, 0.1) is 23.3 Å². The van der Waals surface area contributed by atoms with Gasteiger partial charge in [-0.05, 0) is 30.8 Å². The summed E-state index contributed by atoms with van der Waals surface area (Å²) in [6, 6.07) is 13.1. The van der Waals surface area contributed by atoms with E-state index in [1.54, 1.807) is 13.0 Å². The predicted octanol–water partition coefficient (Wildman–Crippen LogP) is 6.13. The van der Waals surface area contributed by atoms with E-state index >= 15 is 0 Å². The van der Waals surface area contributed by atoms with Crippen LogP contribution in [-0.2, 0) is 17.7 Å². The lowest BCUT2D eigenvalue weighted by Gasteiger charge is -2.09. The summed E-state index contributed by atoms with van der Waals surface area (Å²) >= 11 is 6.69. The Morgan fingerprint density at radius 1 is 1.05 bits per heavy atom. The zero-order valence-electron chi connectivity index (χ0n) is 19.4. The maximum atomic E-state index is 14.0. The van der Waals surface area contributed by atoms with Gasteiger partial charge in [-0.3, -0.25) is 4.68 Å². The van der Waals surface area contributed by atoms with E-state index in [0.717, 1.165) is 15.1 Å². The molecule has 4 rings (SSSR count). The van der Waals surface area contributed by atoms with E-state index in [1.165, 1.54) is 23.6 Å². The van der Waals surface area contributed by atoms with Crippen molar-refractivity contribution in [3.8, 4) is 0 Å². The summed E-state index contributed by atoms with van der Waals surface area (Å²) in [6.45, 7) is 1.37. The zero-order valence-corrected chi connectivity index (χ0v) is 21.0. The Labute approximate surface area is 218 Å². The van der Waals surface area contributed by atoms with Crippen LogP contribution in [0.1, 0.15) is 33.3 Å². The molecule has 12 heteroatoms. The number of halogens is 4. The second kappa shape index (κ2) is 11.5. The van der Waals surface area contributed by atoms with E-state index < -0.39 is 41.3 Å². The third-order valence-corrected chi connectivity index (χ3v) is 6.39. The van der Waals surface area contributed by atoms with Crippen molar-refractivity contribution in [2.24, 2.45) is 0 Å². The Bertz CT molecular complexity index is 1410. The standard InChI is InChI=1S/C25H20F4N4O2S2/c1-2-35-24(34)16-11-15(10-14-6-4-3-5-7-14)37-23(16)31-25(36)30-20-8-9-33(32-20)13-17-21(28)18(26)12-19(27)22(17)29/h3-9,11-12H,2,10,13H2,1H3,(H2,30,31,32,36). The number of anilines is 2. The van der Waals surface area contributed by atoms with Crippen LogP contribution in [0.4, 0.5) is 28.4 Å². The van der Waals surface area contributed by atoms with Gasteiger partial charge < -0.3 is 15.4 Å². The molecule has 0 aliphatic rings. The molecule has 192 valence electrons. The zero-order chi connectivity index (χ0) is 26.5. The van der Waals surface area contributed by atoms with Crippen LogP contribution in [0.3, 0.4) is 0 Å². The van der Waals surface area contributed by atoms with Crippen molar-refractivity contribution >= 4 is 45.5 Å². The summed E-state index contributed by atoms with van der Waals surface area (Å²) in [5.74, 6) is -6.27. The molecule has 0 radical (unpaired) electrons. The normalized spacial score (nSPS) is 10.8. The molecule has 0 fully saturated rings. The van der Waals surface area contributed by atoms with Gasteiger partial charge in [0.1, 0.15) is 5.00 Å². The molecule has 0 amide bonds. The second-order valence-corrected chi connectivity index (χ2v) is 9.31. The predicted molar refractivity (Wildman–Crippen MR) is 137 cm³/mol. The van der Waals surface area contributed by atoms with Gasteiger partial charge in [-0.15, -0.1) is 11.3 Å². The van der Waals surface area contributed by atoms with Crippen LogP contribution in [0.25, 0.3) is 0 Å². The number of rotatable bonds is 8. The first-order valence-corrected chi connectivity index (χ1v) is 12.2. The van der Waals surface area contributed by atoms with Crippen LogP contribution in [0.5, 0.6) is 0 Å². The van der Waals surface area contributed by atoms with Crippen molar-refractivity contribution in [1.29, 1.82) is 0 Å². The van der Waals surface area contributed by atoms with Crippen molar-refractivity contribution < 1.29 is 27.1 Å². The molecule has 2 aromatic carbocycles. The monoisotopic (exact) mass is 548 g/mol. The summed E-state index contributed by atoms with van der Waals surface area (Å²) in [5.41, 5.74) is 0.603. The van der Waals surface area contributed by atoms with E-state index in [4.69, 9.17) is 17.0 Å². The molecule has 2 aromatic heterocycles. The first-order chi connectivity index (χ1) is 17.7. The average molecular weight is 549 g/mol.